The Labute approximate surface area is 231 Å². The molecule has 0 bridgehead atoms. The summed E-state index contributed by atoms with van der Waals surface area (Å²) >= 11 is 0. The Hall–Kier alpha value is -3.40. The molecule has 2 N–H and O–H groups in total. The third-order valence-electron chi connectivity index (χ3n) is 7.01. The highest BCUT2D eigenvalue weighted by molar-refractivity contribution is 7.92. The summed E-state index contributed by atoms with van der Waals surface area (Å²) in [5.74, 6) is 0.382. The van der Waals surface area contributed by atoms with E-state index in [2.05, 4.69) is 28.7 Å². The predicted octanol–water partition coefficient (Wildman–Crippen LogP) is 3.77. The van der Waals surface area contributed by atoms with Crippen LogP contribution in [-0.2, 0) is 27.8 Å². The molecule has 0 spiro atoms. The maximum atomic E-state index is 13.4. The van der Waals surface area contributed by atoms with Crippen LogP contribution in [0.15, 0.2) is 83.8 Å². The van der Waals surface area contributed by atoms with Gasteiger partial charge in [-0.05, 0) is 49.9 Å². The molecule has 1 amide bonds. The van der Waals surface area contributed by atoms with Crippen LogP contribution in [-0.4, -0.2) is 68.1 Å². The van der Waals surface area contributed by atoms with Gasteiger partial charge in [-0.3, -0.25) is 14.4 Å². The van der Waals surface area contributed by atoms with E-state index in [0.717, 1.165) is 6.54 Å². The first-order valence-electron chi connectivity index (χ1n) is 13.2. The average Bonchev–Trinajstić information content (AvgIpc) is 2.96. The van der Waals surface area contributed by atoms with E-state index in [0.29, 0.717) is 30.1 Å². The number of hydrogen-bond acceptors (Lipinski definition) is 6. The average molecular weight is 552 g/mol. The van der Waals surface area contributed by atoms with Gasteiger partial charge >= 0.3 is 0 Å². The van der Waals surface area contributed by atoms with Gasteiger partial charge in [-0.2, -0.15) is 0 Å². The molecule has 3 aromatic carbocycles. The third kappa shape index (κ3) is 7.38. The monoisotopic (exact) mass is 551 g/mol. The van der Waals surface area contributed by atoms with Gasteiger partial charge in [0.15, 0.2) is 0 Å². The van der Waals surface area contributed by atoms with E-state index in [9.17, 15) is 18.3 Å². The molecule has 0 radical (unpaired) electrons. The fraction of sp³-hybridized carbons (Fsp3) is 0.367. The van der Waals surface area contributed by atoms with E-state index in [1.807, 2.05) is 32.2 Å². The van der Waals surface area contributed by atoms with E-state index in [-0.39, 0.29) is 41.9 Å². The summed E-state index contributed by atoms with van der Waals surface area (Å²) in [6, 6.07) is 23.0. The number of ether oxygens (including phenoxy) is 1. The number of carbonyl (C=O) groups is 1. The molecule has 0 fully saturated rings. The fourth-order valence-corrected chi connectivity index (χ4v) is 5.86. The summed E-state index contributed by atoms with van der Waals surface area (Å²) < 4.78 is 35.0. The quantitative estimate of drug-likeness (QED) is 0.420. The number of aliphatic hydroxyl groups excluding tert-OH is 1. The zero-order chi connectivity index (χ0) is 28.0. The minimum atomic E-state index is -3.80. The van der Waals surface area contributed by atoms with E-state index in [1.54, 1.807) is 41.3 Å². The second kappa shape index (κ2) is 12.6. The van der Waals surface area contributed by atoms with Crippen LogP contribution in [0.1, 0.15) is 25.0 Å². The van der Waals surface area contributed by atoms with Crippen LogP contribution in [0.25, 0.3) is 0 Å². The molecule has 1 aliphatic heterocycles. The number of aliphatic hydroxyl groups is 1. The molecule has 0 unspecified atom stereocenters. The number of fused-ring (bicyclic) bond motifs is 1. The van der Waals surface area contributed by atoms with Crippen LogP contribution >= 0.6 is 0 Å². The van der Waals surface area contributed by atoms with Gasteiger partial charge in [0.05, 0.1) is 24.0 Å². The highest BCUT2D eigenvalue weighted by Crippen LogP contribution is 2.30. The molecule has 0 aliphatic carbocycles. The molecule has 0 saturated carbocycles. The number of carbonyl (C=O) groups excluding carboxylic acids is 1. The molecular weight excluding hydrogens is 514 g/mol. The van der Waals surface area contributed by atoms with E-state index in [4.69, 9.17) is 4.74 Å². The number of sulfonamides is 1. The lowest BCUT2D eigenvalue weighted by Gasteiger charge is -2.34. The standard InChI is InChI=1S/C30H37N3O5S/c1-22-18-33(23(2)21-34)30(35)17-25-16-26(31-39(36,37)27-12-8-5-9-13-27)14-15-28(25)38-29(22)20-32(3)19-24-10-6-4-7-11-24/h4-16,22-23,29,31,34H,17-21H2,1-3H3/t22-,23-,29+/m1/s1. The Kier molecular flexibility index (Phi) is 9.27. The lowest BCUT2D eigenvalue weighted by atomic mass is 10.0. The first-order chi connectivity index (χ1) is 18.7. The molecule has 208 valence electrons. The van der Waals surface area contributed by atoms with E-state index < -0.39 is 10.0 Å². The summed E-state index contributed by atoms with van der Waals surface area (Å²) in [4.78, 5) is 17.5. The maximum Gasteiger partial charge on any atom is 0.261 e. The minimum absolute atomic E-state index is 0.0246. The number of anilines is 1. The van der Waals surface area contributed by atoms with Crippen molar-refractivity contribution in [1.29, 1.82) is 0 Å². The van der Waals surface area contributed by atoms with Crippen molar-refractivity contribution in [1.82, 2.24) is 9.80 Å². The Balaban J connectivity index is 1.63. The number of nitrogens with one attached hydrogen (secondary N) is 1. The number of rotatable bonds is 9. The first kappa shape index (κ1) is 28.6. The highest BCUT2D eigenvalue weighted by Gasteiger charge is 2.31. The smallest absolute Gasteiger partial charge is 0.261 e. The van der Waals surface area contributed by atoms with Gasteiger partial charge in [-0.15, -0.1) is 0 Å². The van der Waals surface area contributed by atoms with Gasteiger partial charge in [-0.25, -0.2) is 8.42 Å². The first-order valence-corrected chi connectivity index (χ1v) is 14.6. The molecule has 39 heavy (non-hydrogen) atoms. The molecule has 0 saturated heterocycles. The van der Waals surface area contributed by atoms with Crippen molar-refractivity contribution in [2.24, 2.45) is 5.92 Å². The predicted molar refractivity (Wildman–Crippen MR) is 152 cm³/mol. The summed E-state index contributed by atoms with van der Waals surface area (Å²) in [6.45, 7) is 5.53. The van der Waals surface area contributed by atoms with Crippen molar-refractivity contribution in [2.45, 2.75) is 43.9 Å². The normalized spacial score (nSPS) is 18.9. The number of benzene rings is 3. The molecule has 1 heterocycles. The fourth-order valence-electron chi connectivity index (χ4n) is 4.79. The van der Waals surface area contributed by atoms with Gasteiger partial charge in [0.25, 0.3) is 10.0 Å². The molecule has 4 rings (SSSR count). The Morgan fingerprint density at radius 2 is 1.74 bits per heavy atom. The molecule has 1 aliphatic rings. The van der Waals surface area contributed by atoms with E-state index in [1.165, 1.54) is 17.7 Å². The Bertz CT molecular complexity index is 1350. The van der Waals surface area contributed by atoms with Crippen molar-refractivity contribution in [3.05, 3.63) is 90.0 Å². The number of hydrogen-bond donors (Lipinski definition) is 2. The summed E-state index contributed by atoms with van der Waals surface area (Å²) in [7, 11) is -1.76. The Morgan fingerprint density at radius 3 is 2.41 bits per heavy atom. The summed E-state index contributed by atoms with van der Waals surface area (Å²) in [6.07, 6.45) is -0.219. The van der Waals surface area contributed by atoms with Gasteiger partial charge in [-0.1, -0.05) is 55.5 Å². The van der Waals surface area contributed by atoms with Crippen molar-refractivity contribution < 1.29 is 23.1 Å². The number of amides is 1. The van der Waals surface area contributed by atoms with Crippen molar-refractivity contribution in [3.63, 3.8) is 0 Å². The lowest BCUT2D eigenvalue weighted by molar-refractivity contribution is -0.134. The molecule has 9 heteroatoms. The number of nitrogens with zero attached hydrogens (tertiary/aromatic N) is 2. The van der Waals surface area contributed by atoms with E-state index >= 15 is 0 Å². The topological polar surface area (TPSA) is 99.2 Å². The minimum Gasteiger partial charge on any atom is -0.488 e. The zero-order valence-electron chi connectivity index (χ0n) is 22.7. The Morgan fingerprint density at radius 1 is 1.08 bits per heavy atom. The van der Waals surface area contributed by atoms with Gasteiger partial charge < -0.3 is 14.7 Å². The van der Waals surface area contributed by atoms with Crippen LogP contribution in [0.5, 0.6) is 5.75 Å². The molecular formula is C30H37N3O5S. The largest absolute Gasteiger partial charge is 0.488 e. The third-order valence-corrected chi connectivity index (χ3v) is 8.41. The van der Waals surface area contributed by atoms with Crippen LogP contribution in [0.3, 0.4) is 0 Å². The summed E-state index contributed by atoms with van der Waals surface area (Å²) in [5.41, 5.74) is 2.13. The van der Waals surface area contributed by atoms with Crippen LogP contribution in [0.4, 0.5) is 5.69 Å². The van der Waals surface area contributed by atoms with Crippen molar-refractivity contribution >= 4 is 21.6 Å². The molecule has 0 aromatic heterocycles. The van der Waals surface area contributed by atoms with Crippen LogP contribution < -0.4 is 9.46 Å². The SMILES string of the molecule is C[C@@H]1CN([C@H](C)CO)C(=O)Cc2cc(NS(=O)(=O)c3ccccc3)ccc2O[C@H]1CN(C)Cc1ccccc1. The van der Waals surface area contributed by atoms with Crippen LogP contribution in [0.2, 0.25) is 0 Å². The van der Waals surface area contributed by atoms with Crippen LogP contribution in [0, 0.1) is 5.92 Å². The second-order valence-corrected chi connectivity index (χ2v) is 12.0. The van der Waals surface area contributed by atoms with Crippen molar-refractivity contribution in [2.75, 3.05) is 31.5 Å². The maximum absolute atomic E-state index is 13.4. The van der Waals surface area contributed by atoms with Gasteiger partial charge in [0.1, 0.15) is 11.9 Å². The number of likely N-dealkylation sites (N-methyl/N-ethyl adjacent to an activating group) is 1. The zero-order valence-corrected chi connectivity index (χ0v) is 23.5. The van der Waals surface area contributed by atoms with Crippen molar-refractivity contribution in [3.8, 4) is 5.75 Å². The summed E-state index contributed by atoms with van der Waals surface area (Å²) in [5, 5.41) is 9.86. The molecule has 3 atom stereocenters. The highest BCUT2D eigenvalue weighted by atomic mass is 32.2. The van der Waals surface area contributed by atoms with Gasteiger partial charge in [0, 0.05) is 36.8 Å². The molecule has 8 nitrogen and oxygen atoms in total. The lowest BCUT2D eigenvalue weighted by Crippen LogP contribution is -2.47. The van der Waals surface area contributed by atoms with Gasteiger partial charge in [0.2, 0.25) is 5.91 Å². The second-order valence-electron chi connectivity index (χ2n) is 10.3. The molecule has 3 aromatic rings.